The number of ether oxygens (including phenoxy) is 1. The number of piperazine rings is 1. The van der Waals surface area contributed by atoms with Crippen molar-refractivity contribution in [2.24, 2.45) is 0 Å². The fraction of sp³-hybridized carbons (Fsp3) is 0.357. The van der Waals surface area contributed by atoms with Crippen LogP contribution in [0.5, 0.6) is 0 Å². The SMILES string of the molecule is COC(=O)c1ccc2c(CCCCN3CCN(c4cc5ccc(=O)oc5cc4C)CC3)c[nH]c2c1. The molecule has 0 bridgehead atoms. The van der Waals surface area contributed by atoms with Crippen LogP contribution < -0.4 is 10.5 Å². The number of aromatic nitrogens is 1. The molecule has 0 atom stereocenters. The van der Waals surface area contributed by atoms with E-state index in [2.05, 4.69) is 34.0 Å². The van der Waals surface area contributed by atoms with E-state index in [1.807, 2.05) is 30.3 Å². The van der Waals surface area contributed by atoms with Gasteiger partial charge < -0.3 is 19.0 Å². The normalized spacial score (nSPS) is 14.6. The molecule has 3 heterocycles. The predicted octanol–water partition coefficient (Wildman–Crippen LogP) is 4.51. The molecule has 35 heavy (non-hydrogen) atoms. The lowest BCUT2D eigenvalue weighted by atomic mass is 10.1. The number of hydrogen-bond acceptors (Lipinski definition) is 6. The molecule has 0 unspecified atom stereocenters. The fourth-order valence-corrected chi connectivity index (χ4v) is 5.05. The lowest BCUT2D eigenvalue weighted by Gasteiger charge is -2.37. The number of rotatable bonds is 7. The van der Waals surface area contributed by atoms with Gasteiger partial charge in [0, 0.05) is 60.4 Å². The number of anilines is 1. The molecule has 0 amide bonds. The smallest absolute Gasteiger partial charge is 0.337 e. The van der Waals surface area contributed by atoms with Gasteiger partial charge in [-0.3, -0.25) is 4.90 Å². The van der Waals surface area contributed by atoms with Crippen molar-refractivity contribution >= 4 is 33.5 Å². The van der Waals surface area contributed by atoms with Gasteiger partial charge >= 0.3 is 11.6 Å². The Morgan fingerprint density at radius 2 is 1.89 bits per heavy atom. The van der Waals surface area contributed by atoms with E-state index in [9.17, 15) is 9.59 Å². The monoisotopic (exact) mass is 473 g/mol. The number of nitrogens with zero attached hydrogens (tertiary/aromatic N) is 2. The molecule has 2 aromatic carbocycles. The summed E-state index contributed by atoms with van der Waals surface area (Å²) in [5.74, 6) is -0.313. The molecule has 2 aromatic heterocycles. The Morgan fingerprint density at radius 1 is 1.06 bits per heavy atom. The predicted molar refractivity (Wildman–Crippen MR) is 138 cm³/mol. The van der Waals surface area contributed by atoms with E-state index < -0.39 is 0 Å². The summed E-state index contributed by atoms with van der Waals surface area (Å²) in [6, 6.07) is 13.1. The van der Waals surface area contributed by atoms with Gasteiger partial charge in [0.25, 0.3) is 0 Å². The molecule has 1 aliphatic heterocycles. The molecule has 7 nitrogen and oxygen atoms in total. The highest BCUT2D eigenvalue weighted by atomic mass is 16.5. The minimum Gasteiger partial charge on any atom is -0.465 e. The number of fused-ring (bicyclic) bond motifs is 2. The zero-order valence-corrected chi connectivity index (χ0v) is 20.3. The fourth-order valence-electron chi connectivity index (χ4n) is 5.05. The maximum absolute atomic E-state index is 11.7. The van der Waals surface area contributed by atoms with Gasteiger partial charge in [-0.2, -0.15) is 0 Å². The standard InChI is InChI=1S/C28H31N3O4/c1-19-15-26-20(7-9-27(32)35-26)17-25(19)31-13-11-30(12-14-31)10-4-3-5-22-18-29-24-16-21(28(33)34-2)6-8-23(22)24/h6-9,15-18,29H,3-5,10-14H2,1-2H3. The number of methoxy groups -OCH3 is 1. The molecule has 7 heteroatoms. The van der Waals surface area contributed by atoms with Gasteiger partial charge in [-0.05, 0) is 74.2 Å². The summed E-state index contributed by atoms with van der Waals surface area (Å²) in [5.41, 5.74) is 5.54. The Balaban J connectivity index is 1.11. The summed E-state index contributed by atoms with van der Waals surface area (Å²) in [7, 11) is 1.40. The highest BCUT2D eigenvalue weighted by Gasteiger charge is 2.19. The second-order valence-electron chi connectivity index (χ2n) is 9.28. The molecule has 5 rings (SSSR count). The molecule has 0 saturated carbocycles. The number of esters is 1. The van der Waals surface area contributed by atoms with Crippen LogP contribution in [0.15, 0.2) is 57.9 Å². The van der Waals surface area contributed by atoms with E-state index in [4.69, 9.17) is 9.15 Å². The topological polar surface area (TPSA) is 78.8 Å². The third-order valence-corrected chi connectivity index (χ3v) is 7.01. The van der Waals surface area contributed by atoms with Gasteiger partial charge in [0.2, 0.25) is 0 Å². The van der Waals surface area contributed by atoms with Crippen molar-refractivity contribution < 1.29 is 13.9 Å². The highest BCUT2D eigenvalue weighted by Crippen LogP contribution is 2.27. The number of aromatic amines is 1. The third-order valence-electron chi connectivity index (χ3n) is 7.01. The first-order valence-corrected chi connectivity index (χ1v) is 12.2. The Hall–Kier alpha value is -3.58. The minimum atomic E-state index is -0.313. The van der Waals surface area contributed by atoms with E-state index in [-0.39, 0.29) is 11.6 Å². The molecule has 0 aliphatic carbocycles. The van der Waals surface area contributed by atoms with Gasteiger partial charge in [0.05, 0.1) is 12.7 Å². The quantitative estimate of drug-likeness (QED) is 0.242. The molecule has 0 radical (unpaired) electrons. The largest absolute Gasteiger partial charge is 0.465 e. The van der Waals surface area contributed by atoms with Crippen LogP contribution in [-0.4, -0.2) is 55.7 Å². The van der Waals surface area contributed by atoms with Crippen LogP contribution in [0.1, 0.15) is 34.3 Å². The molecule has 182 valence electrons. The third kappa shape index (κ3) is 4.95. The Labute approximate surface area is 204 Å². The Morgan fingerprint density at radius 3 is 2.69 bits per heavy atom. The maximum Gasteiger partial charge on any atom is 0.337 e. The average Bonchev–Trinajstić information content (AvgIpc) is 3.28. The van der Waals surface area contributed by atoms with E-state index in [1.165, 1.54) is 29.8 Å². The summed E-state index contributed by atoms with van der Waals surface area (Å²) in [4.78, 5) is 31.5. The highest BCUT2D eigenvalue weighted by molar-refractivity contribution is 5.95. The molecule has 1 saturated heterocycles. The minimum absolute atomic E-state index is 0.310. The zero-order valence-electron chi connectivity index (χ0n) is 20.3. The second kappa shape index (κ2) is 9.96. The van der Waals surface area contributed by atoms with Crippen LogP contribution in [0.3, 0.4) is 0 Å². The molecule has 1 aliphatic rings. The number of H-pyrrole nitrogens is 1. The van der Waals surface area contributed by atoms with Crippen LogP contribution in [0.4, 0.5) is 5.69 Å². The molecular formula is C28H31N3O4. The summed E-state index contributed by atoms with van der Waals surface area (Å²) in [6.45, 7) is 7.26. The van der Waals surface area contributed by atoms with Crippen molar-refractivity contribution in [3.8, 4) is 0 Å². The summed E-state index contributed by atoms with van der Waals surface area (Å²) >= 11 is 0. The Bertz CT molecular complexity index is 1410. The number of carbonyl (C=O) groups is 1. The van der Waals surface area contributed by atoms with Gasteiger partial charge in [-0.25, -0.2) is 9.59 Å². The first-order chi connectivity index (χ1) is 17.0. The van der Waals surface area contributed by atoms with Gasteiger partial charge in [0.15, 0.2) is 0 Å². The Kier molecular flexibility index (Phi) is 6.59. The maximum atomic E-state index is 11.7. The summed E-state index contributed by atoms with van der Waals surface area (Å²) in [6.07, 6.45) is 5.35. The van der Waals surface area contributed by atoms with Crippen molar-refractivity contribution in [2.75, 3.05) is 44.7 Å². The first kappa shape index (κ1) is 23.2. The van der Waals surface area contributed by atoms with E-state index in [1.54, 1.807) is 0 Å². The van der Waals surface area contributed by atoms with Crippen molar-refractivity contribution in [3.05, 3.63) is 75.8 Å². The number of hydrogen-bond donors (Lipinski definition) is 1. The number of aryl methyl sites for hydroxylation is 2. The summed E-state index contributed by atoms with van der Waals surface area (Å²) < 4.78 is 10.1. The number of unbranched alkanes of at least 4 members (excludes halogenated alkanes) is 1. The van der Waals surface area contributed by atoms with E-state index in [0.29, 0.717) is 11.1 Å². The first-order valence-electron chi connectivity index (χ1n) is 12.2. The lowest BCUT2D eigenvalue weighted by molar-refractivity contribution is 0.0601. The van der Waals surface area contributed by atoms with Crippen LogP contribution in [0, 0.1) is 6.92 Å². The van der Waals surface area contributed by atoms with Crippen molar-refractivity contribution in [2.45, 2.75) is 26.2 Å². The zero-order chi connectivity index (χ0) is 24.4. The van der Waals surface area contributed by atoms with Crippen molar-refractivity contribution in [1.29, 1.82) is 0 Å². The summed E-state index contributed by atoms with van der Waals surface area (Å²) in [5, 5.41) is 2.14. The lowest BCUT2D eigenvalue weighted by Crippen LogP contribution is -2.46. The van der Waals surface area contributed by atoms with E-state index >= 15 is 0 Å². The molecule has 1 fully saturated rings. The van der Waals surface area contributed by atoms with Crippen LogP contribution >= 0.6 is 0 Å². The molecule has 1 N–H and O–H groups in total. The van der Waals surface area contributed by atoms with Gasteiger partial charge in [-0.15, -0.1) is 0 Å². The van der Waals surface area contributed by atoms with Gasteiger partial charge in [0.1, 0.15) is 5.58 Å². The molecule has 0 spiro atoms. The van der Waals surface area contributed by atoms with E-state index in [0.717, 1.165) is 68.5 Å². The number of benzene rings is 2. The van der Waals surface area contributed by atoms with Crippen LogP contribution in [0.2, 0.25) is 0 Å². The molecular weight excluding hydrogens is 442 g/mol. The van der Waals surface area contributed by atoms with Crippen LogP contribution in [-0.2, 0) is 11.2 Å². The van der Waals surface area contributed by atoms with Crippen molar-refractivity contribution in [3.63, 3.8) is 0 Å². The van der Waals surface area contributed by atoms with Gasteiger partial charge in [-0.1, -0.05) is 6.07 Å². The average molecular weight is 474 g/mol. The number of carbonyl (C=O) groups excluding carboxylic acids is 1. The second-order valence-corrected chi connectivity index (χ2v) is 9.28. The molecule has 4 aromatic rings. The van der Waals surface area contributed by atoms with Crippen LogP contribution in [0.25, 0.3) is 21.9 Å². The number of nitrogens with one attached hydrogen (secondary N) is 1. The van der Waals surface area contributed by atoms with Crippen molar-refractivity contribution in [1.82, 2.24) is 9.88 Å².